The van der Waals surface area contributed by atoms with E-state index in [1.165, 1.54) is 0 Å². The van der Waals surface area contributed by atoms with Gasteiger partial charge in [-0.3, -0.25) is 4.68 Å². The minimum atomic E-state index is 0.287. The zero-order valence-electron chi connectivity index (χ0n) is 9.93. The average Bonchev–Trinajstić information content (AvgIpc) is 2.69. The molecule has 0 aliphatic carbocycles. The fourth-order valence-electron chi connectivity index (χ4n) is 1.96. The molecule has 1 aromatic heterocycles. The van der Waals surface area contributed by atoms with Crippen molar-refractivity contribution in [1.29, 1.82) is 0 Å². The first-order valence-electron chi connectivity index (χ1n) is 5.73. The maximum absolute atomic E-state index is 9.86. The molecule has 0 amide bonds. The topological polar surface area (TPSA) is 64.1 Å². The Hall–Kier alpha value is -1.81. The molecule has 0 atom stereocenters. The van der Waals surface area contributed by atoms with Crippen molar-refractivity contribution in [3.63, 3.8) is 0 Å². The summed E-state index contributed by atoms with van der Waals surface area (Å²) in [7, 11) is 1.91. The first kappa shape index (κ1) is 11.7. The minimum Gasteiger partial charge on any atom is -0.507 e. The van der Waals surface area contributed by atoms with E-state index in [1.807, 2.05) is 29.9 Å². The molecular weight excluding hydrogens is 214 g/mol. The Balaban J connectivity index is 2.42. The number of para-hydroxylation sites is 1. The smallest absolute Gasteiger partial charge is 0.123 e. The van der Waals surface area contributed by atoms with Crippen LogP contribution in [0.3, 0.4) is 0 Å². The molecule has 0 saturated carbocycles. The summed E-state index contributed by atoms with van der Waals surface area (Å²) in [5.41, 5.74) is 8.45. The zero-order valence-corrected chi connectivity index (χ0v) is 9.93. The van der Waals surface area contributed by atoms with Crippen LogP contribution in [0.15, 0.2) is 30.5 Å². The molecule has 4 nitrogen and oxygen atoms in total. The van der Waals surface area contributed by atoms with Crippen molar-refractivity contribution in [2.24, 2.45) is 12.8 Å². The lowest BCUT2D eigenvalue weighted by molar-refractivity contribution is 0.477. The Morgan fingerprint density at radius 3 is 2.76 bits per heavy atom. The maximum atomic E-state index is 9.86. The molecule has 0 fully saturated rings. The molecule has 17 heavy (non-hydrogen) atoms. The second-order valence-corrected chi connectivity index (χ2v) is 4.04. The van der Waals surface area contributed by atoms with Gasteiger partial charge in [0.05, 0.1) is 6.20 Å². The molecule has 90 valence electrons. The monoisotopic (exact) mass is 231 g/mol. The van der Waals surface area contributed by atoms with Gasteiger partial charge >= 0.3 is 0 Å². The largest absolute Gasteiger partial charge is 0.507 e. The van der Waals surface area contributed by atoms with Crippen LogP contribution >= 0.6 is 0 Å². The van der Waals surface area contributed by atoms with Gasteiger partial charge in [-0.25, -0.2) is 0 Å². The third-order valence-electron chi connectivity index (χ3n) is 2.87. The number of hydrogen-bond acceptors (Lipinski definition) is 3. The van der Waals surface area contributed by atoms with E-state index in [0.717, 1.165) is 29.7 Å². The highest BCUT2D eigenvalue weighted by Crippen LogP contribution is 2.31. The standard InChI is InChI=1S/C13H17N3O/c1-16-12(6-4-8-14)11(9-15-16)10-5-2-3-7-13(10)17/h2-3,5,7,9,17H,4,6,8,14H2,1H3. The molecule has 0 bridgehead atoms. The van der Waals surface area contributed by atoms with Crippen molar-refractivity contribution in [2.75, 3.05) is 6.54 Å². The number of hydrogen-bond donors (Lipinski definition) is 2. The van der Waals surface area contributed by atoms with E-state index in [-0.39, 0.29) is 5.75 Å². The van der Waals surface area contributed by atoms with Gasteiger partial charge < -0.3 is 10.8 Å². The van der Waals surface area contributed by atoms with Crippen molar-refractivity contribution < 1.29 is 5.11 Å². The molecule has 0 aliphatic rings. The first-order valence-corrected chi connectivity index (χ1v) is 5.73. The minimum absolute atomic E-state index is 0.287. The molecule has 0 saturated heterocycles. The Kier molecular flexibility index (Phi) is 3.44. The number of nitrogens with zero attached hydrogens (tertiary/aromatic N) is 2. The van der Waals surface area contributed by atoms with Gasteiger partial charge in [-0.05, 0) is 25.5 Å². The lowest BCUT2D eigenvalue weighted by Crippen LogP contribution is -2.05. The highest BCUT2D eigenvalue weighted by Gasteiger charge is 2.12. The summed E-state index contributed by atoms with van der Waals surface area (Å²) in [6.07, 6.45) is 3.58. The van der Waals surface area contributed by atoms with Crippen molar-refractivity contribution in [3.8, 4) is 16.9 Å². The Morgan fingerprint density at radius 1 is 1.29 bits per heavy atom. The number of phenols is 1. The van der Waals surface area contributed by atoms with Crippen LogP contribution in [0.4, 0.5) is 0 Å². The van der Waals surface area contributed by atoms with E-state index >= 15 is 0 Å². The van der Waals surface area contributed by atoms with Gasteiger partial charge in [0.15, 0.2) is 0 Å². The zero-order chi connectivity index (χ0) is 12.3. The molecule has 0 radical (unpaired) electrons. The predicted molar refractivity (Wildman–Crippen MR) is 67.7 cm³/mol. The molecule has 1 heterocycles. The van der Waals surface area contributed by atoms with Crippen molar-refractivity contribution in [3.05, 3.63) is 36.2 Å². The van der Waals surface area contributed by atoms with Gasteiger partial charge in [0, 0.05) is 23.9 Å². The summed E-state index contributed by atoms with van der Waals surface area (Å²) >= 11 is 0. The number of aromatic nitrogens is 2. The van der Waals surface area contributed by atoms with Gasteiger partial charge in [-0.1, -0.05) is 18.2 Å². The number of nitrogens with two attached hydrogens (primary N) is 1. The number of aromatic hydroxyl groups is 1. The van der Waals surface area contributed by atoms with Gasteiger partial charge in [0.1, 0.15) is 5.75 Å². The summed E-state index contributed by atoms with van der Waals surface area (Å²) in [5.74, 6) is 0.287. The van der Waals surface area contributed by atoms with Gasteiger partial charge in [-0.15, -0.1) is 0 Å². The second-order valence-electron chi connectivity index (χ2n) is 4.04. The van der Waals surface area contributed by atoms with Crippen LogP contribution in [0.1, 0.15) is 12.1 Å². The van der Waals surface area contributed by atoms with Crippen LogP contribution < -0.4 is 5.73 Å². The lowest BCUT2D eigenvalue weighted by Gasteiger charge is -2.07. The number of aryl methyl sites for hydroxylation is 1. The van der Waals surface area contributed by atoms with Crippen LogP contribution in [-0.4, -0.2) is 21.4 Å². The molecule has 2 aromatic rings. The third kappa shape index (κ3) is 2.31. The fourth-order valence-corrected chi connectivity index (χ4v) is 1.96. The van der Waals surface area contributed by atoms with Gasteiger partial charge in [0.2, 0.25) is 0 Å². The van der Waals surface area contributed by atoms with E-state index in [2.05, 4.69) is 5.10 Å². The van der Waals surface area contributed by atoms with E-state index < -0.39 is 0 Å². The van der Waals surface area contributed by atoms with Crippen molar-refractivity contribution in [1.82, 2.24) is 9.78 Å². The Labute approximate surface area is 101 Å². The molecule has 0 spiro atoms. The van der Waals surface area contributed by atoms with Gasteiger partial charge in [-0.2, -0.15) is 5.10 Å². The summed E-state index contributed by atoms with van der Waals surface area (Å²) in [6, 6.07) is 7.32. The molecule has 4 heteroatoms. The number of benzene rings is 1. The molecular formula is C13H17N3O. The normalized spacial score (nSPS) is 10.7. The van der Waals surface area contributed by atoms with Gasteiger partial charge in [0.25, 0.3) is 0 Å². The van der Waals surface area contributed by atoms with Crippen LogP contribution in [0, 0.1) is 0 Å². The maximum Gasteiger partial charge on any atom is 0.123 e. The van der Waals surface area contributed by atoms with Crippen LogP contribution in [0.5, 0.6) is 5.75 Å². The second kappa shape index (κ2) is 5.01. The van der Waals surface area contributed by atoms with E-state index in [4.69, 9.17) is 5.73 Å². The number of phenolic OH excluding ortho intramolecular Hbond substituents is 1. The number of rotatable bonds is 4. The van der Waals surface area contributed by atoms with E-state index in [1.54, 1.807) is 12.3 Å². The highest BCUT2D eigenvalue weighted by atomic mass is 16.3. The molecule has 2 rings (SSSR count). The lowest BCUT2D eigenvalue weighted by atomic mass is 10.0. The summed E-state index contributed by atoms with van der Waals surface area (Å²) in [4.78, 5) is 0. The van der Waals surface area contributed by atoms with Crippen LogP contribution in [0.2, 0.25) is 0 Å². The Bertz CT molecular complexity index is 505. The molecule has 1 aromatic carbocycles. The summed E-state index contributed by atoms with van der Waals surface area (Å²) in [5, 5.41) is 14.1. The quantitative estimate of drug-likeness (QED) is 0.841. The van der Waals surface area contributed by atoms with E-state index in [0.29, 0.717) is 6.54 Å². The van der Waals surface area contributed by atoms with Crippen molar-refractivity contribution in [2.45, 2.75) is 12.8 Å². The highest BCUT2D eigenvalue weighted by molar-refractivity contribution is 5.71. The predicted octanol–water partition coefficient (Wildman–Crippen LogP) is 1.68. The molecule has 3 N–H and O–H groups in total. The van der Waals surface area contributed by atoms with E-state index in [9.17, 15) is 5.11 Å². The van der Waals surface area contributed by atoms with Crippen LogP contribution in [0.25, 0.3) is 11.1 Å². The van der Waals surface area contributed by atoms with Crippen LogP contribution in [-0.2, 0) is 13.5 Å². The molecule has 0 aliphatic heterocycles. The summed E-state index contributed by atoms with van der Waals surface area (Å²) in [6.45, 7) is 0.658. The first-order chi connectivity index (χ1) is 8.24. The Morgan fingerprint density at radius 2 is 2.06 bits per heavy atom. The fraction of sp³-hybridized carbons (Fsp3) is 0.308. The SMILES string of the molecule is Cn1ncc(-c2ccccc2O)c1CCCN. The van der Waals surface area contributed by atoms with Crippen molar-refractivity contribution >= 4 is 0 Å². The third-order valence-corrected chi connectivity index (χ3v) is 2.87. The molecule has 0 unspecified atom stereocenters. The summed E-state index contributed by atoms with van der Waals surface area (Å²) < 4.78 is 1.84. The average molecular weight is 231 g/mol.